The number of nitrogens with one attached hydrogen (secondary N) is 3. The van der Waals surface area contributed by atoms with E-state index in [0.29, 0.717) is 6.04 Å². The number of thiol groups is 1. The van der Waals surface area contributed by atoms with Crippen LogP contribution in [0, 0.1) is 18.2 Å². The van der Waals surface area contributed by atoms with Crippen molar-refractivity contribution in [2.45, 2.75) is 131 Å². The molecule has 0 amide bonds. The minimum atomic E-state index is -0.873. The molecule has 4 aliphatic rings. The number of carboxylic acids is 1. The molecule has 12 aromatic carbocycles. The number of carbonyl (C=O) groups is 2. The summed E-state index contributed by atoms with van der Waals surface area (Å²) in [7, 11) is 32.4. The third-order valence-corrected chi connectivity index (χ3v) is 23.7. The molecule has 4 heterocycles. The molecule has 0 bridgehead atoms. The van der Waals surface area contributed by atoms with E-state index in [0.717, 1.165) is 170 Å². The van der Waals surface area contributed by atoms with Gasteiger partial charge < -0.3 is 88.9 Å². The number of hydrogen-bond acceptors (Lipinski definition) is 23. The van der Waals surface area contributed by atoms with Gasteiger partial charge in [-0.1, -0.05) is 131 Å². The molecule has 4 aliphatic heterocycles. The topological polar surface area (TPSA) is 231 Å². The summed E-state index contributed by atoms with van der Waals surface area (Å²) in [6, 6.07) is 87.3. The summed E-state index contributed by atoms with van der Waals surface area (Å²) < 4.78 is 48.8. The van der Waals surface area contributed by atoms with E-state index >= 15 is 0 Å². The van der Waals surface area contributed by atoms with Gasteiger partial charge in [-0.25, -0.2) is 4.79 Å². The molecular formula is C112H149AlB2Br2Cl2N13O10S. The van der Waals surface area contributed by atoms with Gasteiger partial charge in [0.2, 0.25) is 0 Å². The standard InChI is InChI=1S/C20H26N2O.C18H22N2O.2C17H20N2O.C16H17Br2NO.C16H19NO.C3H4Cl2O2.C2H4O2.CH5N.2CH4.Al.BHNS.B.HN.H2/c1-15(2)22-13-12-19-16(14-22)6-5-7-20(19)23-18-10-8-17(9-11-18)21(3)4;1-19(2)15-7-9-16(10-8-15)21-18-6-4-5-14-13-20(3)12-11-17(14)18;2*1-19(2)14-6-8-15(9-7-14)20-17-5-3-4-13-12-18-11-10-16(13)17;1-19(2)13-6-8-14(9-7-13)20-16-5-3-4-12(10-17)15(16)11-18;1-12-6-5-7-16(13(12)2)18-15-10-8-14(9-11-15)17(3)4;1-2(4)7-3(5)6;1-2(3)4;1-2;;;;1-2-3;;;/h5-11,15H,12-14H2,1-4H3;4-10H,11-13H2,1-3H3;2*3-9,18H,10-12H2,1-2H3;3-9H,10-11H2,1-2H3;5-11H,1-4H3;2H,1H3;1H3,(H,3,4);2H2,1H3;2*1H4;;3H;;2*1H/i;;;;;;;;;;;;;;;1+1. The van der Waals surface area contributed by atoms with Crippen molar-refractivity contribution in [3.63, 3.8) is 0 Å². The number of hydrogen-bond donors (Lipinski definition) is 6. The molecule has 0 saturated heterocycles. The van der Waals surface area contributed by atoms with Crippen molar-refractivity contribution in [2.24, 2.45) is 10.0 Å². The Morgan fingerprint density at radius 1 is 0.462 bits per heavy atom. The number of ether oxygens (including phenoxy) is 7. The van der Waals surface area contributed by atoms with Gasteiger partial charge in [0.15, 0.2) is 5.56 Å². The molecular weight excluding hydrogens is 2000 g/mol. The van der Waals surface area contributed by atoms with Crippen LogP contribution < -0.4 is 74.2 Å². The number of carboxylic acid groups (broad SMARTS) is 1. The molecule has 0 fully saturated rings. The third kappa shape index (κ3) is 43.1. The van der Waals surface area contributed by atoms with Crippen LogP contribution in [0.15, 0.2) is 259 Å². The zero-order valence-electron chi connectivity index (χ0n) is 85.2. The summed E-state index contributed by atoms with van der Waals surface area (Å²) in [5.41, 5.74) is 25.8. The maximum atomic E-state index is 9.71. The van der Waals surface area contributed by atoms with Crippen molar-refractivity contribution in [2.75, 3.05) is 154 Å². The Morgan fingerprint density at radius 3 is 1.01 bits per heavy atom. The van der Waals surface area contributed by atoms with Gasteiger partial charge in [-0.3, -0.25) is 9.69 Å². The first-order valence-electron chi connectivity index (χ1n) is 46.0. The van der Waals surface area contributed by atoms with Gasteiger partial charge in [-0.2, -0.15) is 0 Å². The Labute approximate surface area is 898 Å². The number of aliphatic carboxylic acids is 1. The van der Waals surface area contributed by atoms with E-state index in [4.69, 9.17) is 65.9 Å². The van der Waals surface area contributed by atoms with Crippen molar-refractivity contribution < 1.29 is 49.3 Å². The first-order valence-corrected chi connectivity index (χ1v) is 50.1. The van der Waals surface area contributed by atoms with Crippen LogP contribution in [0.4, 0.5) is 38.9 Å². The molecule has 765 valence electrons. The molecule has 0 aliphatic carbocycles. The number of halogens is 4. The summed E-state index contributed by atoms with van der Waals surface area (Å²) in [5, 5.41) is 15.8. The van der Waals surface area contributed by atoms with E-state index in [1.54, 1.807) is 16.1 Å². The van der Waals surface area contributed by atoms with Crippen molar-refractivity contribution in [1.29, 1.82) is 4.35 Å². The number of fused-ring (bicyclic) bond motifs is 4. The van der Waals surface area contributed by atoms with E-state index in [-0.39, 0.29) is 24.7 Å². The number of anilines is 6. The van der Waals surface area contributed by atoms with E-state index in [1.165, 1.54) is 109 Å². The summed E-state index contributed by atoms with van der Waals surface area (Å²) in [6.07, 6.45) is 4.17. The fraction of sp³-hybridized carbons (Fsp3) is 0.339. The summed E-state index contributed by atoms with van der Waals surface area (Å²) in [4.78, 5) is 36.1. The number of alkyl halides is 3. The number of nitrogens with zero attached hydrogens (tertiary/aromatic N) is 9. The zero-order chi connectivity index (χ0) is 103. The fourth-order valence-corrected chi connectivity index (χ4v) is 16.1. The summed E-state index contributed by atoms with van der Waals surface area (Å²) >= 11 is 21.8. The molecule has 0 saturated carbocycles. The second kappa shape index (κ2) is 67.7. The second-order valence-corrected chi connectivity index (χ2v) is 36.3. The number of rotatable bonds is 22. The second-order valence-electron chi connectivity index (χ2n) is 34.1. The third-order valence-electron chi connectivity index (χ3n) is 22.4. The van der Waals surface area contributed by atoms with Gasteiger partial charge in [0.1, 0.15) is 69.0 Å². The van der Waals surface area contributed by atoms with Crippen molar-refractivity contribution in [3.05, 3.63) is 322 Å². The van der Waals surface area contributed by atoms with E-state index in [9.17, 15) is 4.79 Å². The molecule has 23 nitrogen and oxygen atoms in total. The minimum absolute atomic E-state index is 0. The number of nitrogens with two attached hydrogens (primary N) is 1. The van der Waals surface area contributed by atoms with E-state index in [2.05, 4.69) is 309 Å². The summed E-state index contributed by atoms with van der Waals surface area (Å²) in [6.45, 7) is 19.4. The van der Waals surface area contributed by atoms with Crippen LogP contribution in [0.1, 0.15) is 111 Å². The Balaban J connectivity index is 0.000000562. The Morgan fingerprint density at radius 2 is 0.727 bits per heavy atom. The predicted molar refractivity (Wildman–Crippen MR) is 617 cm³/mol. The van der Waals surface area contributed by atoms with Crippen LogP contribution in [0.3, 0.4) is 0 Å². The van der Waals surface area contributed by atoms with E-state index in [1.807, 2.05) is 182 Å². The molecule has 12 aromatic rings. The van der Waals surface area contributed by atoms with Gasteiger partial charge in [0.25, 0.3) is 5.97 Å². The van der Waals surface area contributed by atoms with Crippen molar-refractivity contribution >= 4 is 146 Å². The summed E-state index contributed by atoms with van der Waals surface area (Å²) in [5.74, 6) is 10.3. The normalized spacial score (nSPS) is 12.0. The Hall–Kier alpha value is -10.9. The molecule has 0 aromatic heterocycles. The van der Waals surface area contributed by atoms with Gasteiger partial charge in [-0.15, -0.1) is 0 Å². The number of carbonyl (C=O) groups excluding carboxylic acids is 1. The molecule has 143 heavy (non-hydrogen) atoms. The molecule has 5 radical (unpaired) electrons. The SMILES string of the molecule is C.C.CC(=O)O.CC(C)N1CCc2c(cccc2Oc2ccc(N(C)C)cc2)C1.CC(Cl)OC(=O)Cl.CN.CN(C)c1ccc(Oc2cccc(CBr)c2CBr)cc1.CN(C)c1ccc(Oc2cccc3c2CCNC3)cc1.CN(C)c1ccc(Oc2cccc3c2CCNC3)cc1.CN1CCc2c(cccc2Oc2ccc(N(C)C)cc2)C1.Cc1cccc(Oc2ccc(N(C)C)cc2)c1C.[2HH].[B].[B]=NS.[NH]=[Al]. The van der Waals surface area contributed by atoms with Crippen molar-refractivity contribution in [3.8, 4) is 69.0 Å². The van der Waals surface area contributed by atoms with Crippen LogP contribution in [-0.2, 0) is 72.1 Å². The Kier molecular flexibility index (Phi) is 59.8. The molecule has 1 unspecified atom stereocenters. The van der Waals surface area contributed by atoms with Gasteiger partial charge >= 0.3 is 50.6 Å². The van der Waals surface area contributed by atoms with Crippen LogP contribution >= 0.6 is 67.9 Å². The van der Waals surface area contributed by atoms with Crippen LogP contribution in [0.25, 0.3) is 0 Å². The average molecular weight is 2150 g/mol. The molecule has 6 N–H and O–H groups in total. The average Bonchev–Trinajstić information content (AvgIpc) is 0.811. The molecule has 16 rings (SSSR count). The van der Waals surface area contributed by atoms with Crippen molar-refractivity contribution in [1.82, 2.24) is 20.4 Å². The monoisotopic (exact) mass is 2150 g/mol. The first-order chi connectivity index (χ1) is 67.1. The predicted octanol–water partition coefficient (Wildman–Crippen LogP) is 26.6. The quantitative estimate of drug-likeness (QED) is 0.0160. The molecule has 0 spiro atoms. The van der Waals surface area contributed by atoms with Crippen LogP contribution in [0.5, 0.6) is 69.0 Å². The Bertz CT molecular complexity index is 5490. The molecule has 31 heteroatoms. The van der Waals surface area contributed by atoms with E-state index < -0.39 is 17.0 Å². The fourth-order valence-electron chi connectivity index (χ4n) is 14.7. The number of aryl methyl sites for hydroxylation is 1. The van der Waals surface area contributed by atoms with Gasteiger partial charge in [0.05, 0.1) is 0 Å². The van der Waals surface area contributed by atoms with Crippen LogP contribution in [-0.4, -0.2) is 195 Å². The number of likely N-dealkylation sites (N-methyl/N-ethyl adjacent to an activating group) is 1. The zero-order valence-corrected chi connectivity index (χ0v) is 92.0. The van der Waals surface area contributed by atoms with Crippen LogP contribution in [0.2, 0.25) is 0 Å². The van der Waals surface area contributed by atoms with Gasteiger partial charge in [0, 0.05) is 231 Å². The van der Waals surface area contributed by atoms with Gasteiger partial charge in [-0.05, 0) is 308 Å². The molecule has 1 atom stereocenters. The maximum absolute atomic E-state index is 9.71. The number of benzene rings is 12. The first kappa shape index (κ1) is 126.